The van der Waals surface area contributed by atoms with Gasteiger partial charge in [-0.05, 0) is 61.9 Å². The average Bonchev–Trinajstić information content (AvgIpc) is 3.39. The second kappa shape index (κ2) is 9.28. The molecule has 0 bridgehead atoms. The normalized spacial score (nSPS) is 11.1. The number of hydrogen-bond donors (Lipinski definition) is 3. The lowest BCUT2D eigenvalue weighted by Gasteiger charge is -2.07. The number of nitrogens with zero attached hydrogens (tertiary/aromatic N) is 2. The Morgan fingerprint density at radius 1 is 0.941 bits per heavy atom. The second-order valence-corrected chi connectivity index (χ2v) is 10.1. The molecule has 34 heavy (non-hydrogen) atoms. The number of thioether (sulfide) groups is 1. The first-order valence-corrected chi connectivity index (χ1v) is 12.4. The number of thiazole rings is 1. The standard InChI is InChI=1S/C25H21N5O2S2/c1-14-5-3-4-6-18(14)24(32)29-17-8-10-20-22(12-17)34-25(30-20)33-13-23(31)28-16-7-9-19-21(11-16)27-15(2)26-19/h3-12H,13H2,1-2H3,(H,26,27)(H,28,31)(H,29,32). The van der Waals surface area contributed by atoms with E-state index < -0.39 is 0 Å². The number of fused-ring (bicyclic) bond motifs is 2. The minimum Gasteiger partial charge on any atom is -0.342 e. The summed E-state index contributed by atoms with van der Waals surface area (Å²) in [6.07, 6.45) is 0. The lowest BCUT2D eigenvalue weighted by molar-refractivity contribution is -0.113. The van der Waals surface area contributed by atoms with Gasteiger partial charge >= 0.3 is 0 Å². The number of nitrogens with one attached hydrogen (secondary N) is 3. The predicted octanol–water partition coefficient (Wildman–Crippen LogP) is 5.77. The number of aromatic nitrogens is 3. The molecule has 2 amide bonds. The largest absolute Gasteiger partial charge is 0.342 e. The molecule has 0 spiro atoms. The van der Waals surface area contributed by atoms with E-state index in [-0.39, 0.29) is 17.6 Å². The summed E-state index contributed by atoms with van der Waals surface area (Å²) in [4.78, 5) is 37.2. The summed E-state index contributed by atoms with van der Waals surface area (Å²) in [5.74, 6) is 0.835. The molecule has 0 aliphatic rings. The Labute approximate surface area is 204 Å². The fraction of sp³-hybridized carbons (Fsp3) is 0.120. The van der Waals surface area contributed by atoms with Gasteiger partial charge in [-0.2, -0.15) is 0 Å². The minimum absolute atomic E-state index is 0.106. The van der Waals surface area contributed by atoms with E-state index in [9.17, 15) is 9.59 Å². The van der Waals surface area contributed by atoms with Crippen LogP contribution in [0.25, 0.3) is 21.3 Å². The Morgan fingerprint density at radius 3 is 2.53 bits per heavy atom. The molecule has 0 aliphatic heterocycles. The van der Waals surface area contributed by atoms with E-state index in [0.29, 0.717) is 11.3 Å². The van der Waals surface area contributed by atoms with E-state index >= 15 is 0 Å². The van der Waals surface area contributed by atoms with Crippen molar-refractivity contribution in [3.63, 3.8) is 0 Å². The van der Waals surface area contributed by atoms with Crippen LogP contribution in [-0.4, -0.2) is 32.5 Å². The summed E-state index contributed by atoms with van der Waals surface area (Å²) in [5.41, 5.74) is 5.60. The molecule has 0 atom stereocenters. The lowest BCUT2D eigenvalue weighted by atomic mass is 10.1. The first kappa shape index (κ1) is 22.1. The molecule has 7 nitrogen and oxygen atoms in total. The summed E-state index contributed by atoms with van der Waals surface area (Å²) in [5, 5.41) is 5.87. The molecule has 0 saturated heterocycles. The number of carbonyl (C=O) groups is 2. The van der Waals surface area contributed by atoms with E-state index in [1.54, 1.807) is 0 Å². The molecular formula is C25H21N5O2S2. The van der Waals surface area contributed by atoms with Crippen molar-refractivity contribution >= 4 is 67.5 Å². The van der Waals surface area contributed by atoms with Gasteiger partial charge in [0.05, 0.1) is 27.0 Å². The zero-order valence-electron chi connectivity index (χ0n) is 18.5. The molecule has 0 radical (unpaired) electrons. The maximum absolute atomic E-state index is 12.6. The second-order valence-electron chi connectivity index (χ2n) is 7.82. The fourth-order valence-corrected chi connectivity index (χ4v) is 5.52. The van der Waals surface area contributed by atoms with Crippen LogP contribution in [0.15, 0.2) is 65.0 Å². The highest BCUT2D eigenvalue weighted by Gasteiger charge is 2.12. The molecule has 3 N–H and O–H groups in total. The predicted molar refractivity (Wildman–Crippen MR) is 139 cm³/mol. The van der Waals surface area contributed by atoms with Crippen molar-refractivity contribution in [3.05, 3.63) is 77.6 Å². The summed E-state index contributed by atoms with van der Waals surface area (Å²) in [6, 6.07) is 18.7. The summed E-state index contributed by atoms with van der Waals surface area (Å²) < 4.78 is 1.75. The van der Waals surface area contributed by atoms with E-state index in [2.05, 4.69) is 25.6 Å². The summed E-state index contributed by atoms with van der Waals surface area (Å²) >= 11 is 2.89. The highest BCUT2D eigenvalue weighted by atomic mass is 32.2. The van der Waals surface area contributed by atoms with E-state index in [4.69, 9.17) is 0 Å². The third-order valence-electron chi connectivity index (χ3n) is 5.23. The molecule has 0 saturated carbocycles. The molecule has 9 heteroatoms. The van der Waals surface area contributed by atoms with Crippen LogP contribution in [-0.2, 0) is 4.79 Å². The van der Waals surface area contributed by atoms with Gasteiger partial charge in [0.1, 0.15) is 5.82 Å². The number of aryl methyl sites for hydroxylation is 2. The summed E-state index contributed by atoms with van der Waals surface area (Å²) in [7, 11) is 0. The van der Waals surface area contributed by atoms with Crippen LogP contribution in [0.1, 0.15) is 21.7 Å². The zero-order chi connectivity index (χ0) is 23.7. The highest BCUT2D eigenvalue weighted by molar-refractivity contribution is 8.01. The number of aromatic amines is 1. The number of hydrogen-bond acceptors (Lipinski definition) is 6. The zero-order valence-corrected chi connectivity index (χ0v) is 20.1. The Bertz CT molecular complexity index is 1540. The van der Waals surface area contributed by atoms with Crippen molar-refractivity contribution in [3.8, 4) is 0 Å². The van der Waals surface area contributed by atoms with Crippen LogP contribution in [0.5, 0.6) is 0 Å². The van der Waals surface area contributed by atoms with Crippen molar-refractivity contribution in [1.82, 2.24) is 15.0 Å². The molecular weight excluding hydrogens is 466 g/mol. The molecule has 0 unspecified atom stereocenters. The topological polar surface area (TPSA) is 99.8 Å². The number of H-pyrrole nitrogens is 1. The smallest absolute Gasteiger partial charge is 0.255 e. The molecule has 0 aliphatic carbocycles. The number of amides is 2. The number of imidazole rings is 1. The molecule has 5 rings (SSSR count). The van der Waals surface area contributed by atoms with Crippen molar-refractivity contribution in [2.24, 2.45) is 0 Å². The van der Waals surface area contributed by atoms with Gasteiger partial charge in [-0.25, -0.2) is 9.97 Å². The van der Waals surface area contributed by atoms with Crippen molar-refractivity contribution in [1.29, 1.82) is 0 Å². The van der Waals surface area contributed by atoms with Gasteiger partial charge in [-0.15, -0.1) is 11.3 Å². The summed E-state index contributed by atoms with van der Waals surface area (Å²) in [6.45, 7) is 3.81. The van der Waals surface area contributed by atoms with E-state index in [1.165, 1.54) is 23.1 Å². The minimum atomic E-state index is -0.142. The van der Waals surface area contributed by atoms with Gasteiger partial charge < -0.3 is 15.6 Å². The Morgan fingerprint density at radius 2 is 1.71 bits per heavy atom. The molecule has 5 aromatic rings. The monoisotopic (exact) mass is 487 g/mol. The van der Waals surface area contributed by atoms with E-state index in [1.807, 2.05) is 74.5 Å². The first-order valence-electron chi connectivity index (χ1n) is 10.6. The molecule has 2 heterocycles. The third-order valence-corrected chi connectivity index (χ3v) is 7.39. The van der Waals surface area contributed by atoms with Crippen LogP contribution >= 0.6 is 23.1 Å². The van der Waals surface area contributed by atoms with Crippen molar-refractivity contribution < 1.29 is 9.59 Å². The van der Waals surface area contributed by atoms with E-state index in [0.717, 1.165) is 42.7 Å². The van der Waals surface area contributed by atoms with Gasteiger partial charge in [0.2, 0.25) is 5.91 Å². The molecule has 2 aromatic heterocycles. The Kier molecular flexibility index (Phi) is 6.04. The Balaban J connectivity index is 1.22. The first-order chi connectivity index (χ1) is 16.4. The number of rotatable bonds is 6. The van der Waals surface area contributed by atoms with Crippen molar-refractivity contribution in [2.45, 2.75) is 18.2 Å². The van der Waals surface area contributed by atoms with Gasteiger partial charge in [0, 0.05) is 16.9 Å². The average molecular weight is 488 g/mol. The fourth-order valence-electron chi connectivity index (χ4n) is 3.61. The van der Waals surface area contributed by atoms with Gasteiger partial charge in [-0.3, -0.25) is 9.59 Å². The quantitative estimate of drug-likeness (QED) is 0.264. The molecule has 170 valence electrons. The number of anilines is 2. The van der Waals surface area contributed by atoms with Crippen LogP contribution in [0.4, 0.5) is 11.4 Å². The van der Waals surface area contributed by atoms with Crippen molar-refractivity contribution in [2.75, 3.05) is 16.4 Å². The lowest BCUT2D eigenvalue weighted by Crippen LogP contribution is -2.13. The van der Waals surface area contributed by atoms with Crippen LogP contribution < -0.4 is 10.6 Å². The molecule has 3 aromatic carbocycles. The number of carbonyl (C=O) groups excluding carboxylic acids is 2. The van der Waals surface area contributed by atoms with Crippen LogP contribution in [0.2, 0.25) is 0 Å². The highest BCUT2D eigenvalue weighted by Crippen LogP contribution is 2.31. The van der Waals surface area contributed by atoms with Gasteiger partial charge in [-0.1, -0.05) is 30.0 Å². The van der Waals surface area contributed by atoms with Crippen LogP contribution in [0, 0.1) is 13.8 Å². The molecule has 0 fully saturated rings. The third kappa shape index (κ3) is 4.80. The maximum atomic E-state index is 12.6. The number of benzene rings is 3. The van der Waals surface area contributed by atoms with Crippen LogP contribution in [0.3, 0.4) is 0 Å². The van der Waals surface area contributed by atoms with Gasteiger partial charge in [0.25, 0.3) is 5.91 Å². The SMILES string of the molecule is Cc1nc2ccc(NC(=O)CSc3nc4ccc(NC(=O)c5ccccc5C)cc4s3)cc2[nH]1. The maximum Gasteiger partial charge on any atom is 0.255 e. The Hall–Kier alpha value is -3.69. The van der Waals surface area contributed by atoms with Gasteiger partial charge in [0.15, 0.2) is 4.34 Å².